The minimum absolute atomic E-state index is 0.124. The van der Waals surface area contributed by atoms with E-state index in [0.717, 1.165) is 25.3 Å². The third kappa shape index (κ3) is 2.43. The minimum Gasteiger partial charge on any atom is -0.398 e. The van der Waals surface area contributed by atoms with Crippen LogP contribution in [0.4, 0.5) is 10.1 Å². The first-order valence-corrected chi connectivity index (χ1v) is 5.87. The van der Waals surface area contributed by atoms with E-state index in [-0.39, 0.29) is 23.2 Å². The van der Waals surface area contributed by atoms with E-state index < -0.39 is 11.7 Å². The van der Waals surface area contributed by atoms with Crippen molar-refractivity contribution in [1.82, 2.24) is 5.32 Å². The van der Waals surface area contributed by atoms with Crippen molar-refractivity contribution < 1.29 is 9.18 Å². The number of hydrogen-bond acceptors (Lipinski definition) is 3. The molecule has 1 aliphatic rings. The quantitative estimate of drug-likeness (QED) is 0.782. The predicted molar refractivity (Wildman–Crippen MR) is 65.0 cm³/mol. The predicted octanol–water partition coefficient (Wildman–Crippen LogP) is 1.83. The molecule has 1 amide bonds. The normalized spacial score (nSPS) is 22.4. The van der Waals surface area contributed by atoms with Crippen molar-refractivity contribution in [2.24, 2.45) is 5.92 Å². The summed E-state index contributed by atoms with van der Waals surface area (Å²) in [6.45, 7) is 0. The number of nitrogens with one attached hydrogen (secondary N) is 1. The Balaban J connectivity index is 2.13. The number of hydrogen-bond donors (Lipinski definition) is 2. The third-order valence-corrected chi connectivity index (χ3v) is 3.26. The van der Waals surface area contributed by atoms with Crippen LogP contribution in [0.25, 0.3) is 0 Å². The number of halogens is 1. The summed E-state index contributed by atoms with van der Waals surface area (Å²) in [5, 5.41) is 11.7. The van der Waals surface area contributed by atoms with Crippen LogP contribution in [0.2, 0.25) is 0 Å². The van der Waals surface area contributed by atoms with Gasteiger partial charge in [-0.05, 0) is 37.5 Å². The molecular weight excluding hydrogens is 233 g/mol. The number of nitrogens with two attached hydrogens (primary N) is 1. The highest BCUT2D eigenvalue weighted by atomic mass is 19.1. The fourth-order valence-electron chi connectivity index (χ4n) is 2.26. The van der Waals surface area contributed by atoms with Gasteiger partial charge >= 0.3 is 0 Å². The van der Waals surface area contributed by atoms with Gasteiger partial charge in [0, 0.05) is 11.7 Å². The molecule has 4 nitrogen and oxygen atoms in total. The van der Waals surface area contributed by atoms with E-state index in [4.69, 9.17) is 11.0 Å². The minimum atomic E-state index is -0.502. The van der Waals surface area contributed by atoms with Crippen LogP contribution in [0.1, 0.15) is 29.6 Å². The second-order valence-electron chi connectivity index (χ2n) is 4.48. The van der Waals surface area contributed by atoms with Crippen LogP contribution in [0.15, 0.2) is 18.2 Å². The van der Waals surface area contributed by atoms with Crippen molar-refractivity contribution in [3.63, 3.8) is 0 Å². The zero-order valence-corrected chi connectivity index (χ0v) is 9.82. The molecule has 5 heteroatoms. The second-order valence-corrected chi connectivity index (χ2v) is 4.48. The lowest BCUT2D eigenvalue weighted by Crippen LogP contribution is -2.37. The van der Waals surface area contributed by atoms with E-state index >= 15 is 0 Å². The molecule has 0 heterocycles. The van der Waals surface area contributed by atoms with E-state index in [0.29, 0.717) is 0 Å². The van der Waals surface area contributed by atoms with Crippen LogP contribution in [-0.2, 0) is 0 Å². The lowest BCUT2D eigenvalue weighted by Gasteiger charge is -2.16. The molecular formula is C13H14FN3O. The number of benzene rings is 1. The number of amides is 1. The molecule has 0 bridgehead atoms. The highest BCUT2D eigenvalue weighted by Crippen LogP contribution is 2.25. The zero-order valence-electron chi connectivity index (χ0n) is 9.82. The fraction of sp³-hybridized carbons (Fsp3) is 0.385. The van der Waals surface area contributed by atoms with E-state index in [2.05, 4.69) is 11.4 Å². The molecule has 0 radical (unpaired) electrons. The standard InChI is InChI=1S/C13H14FN3O/c14-9-4-5-11(16)10(6-9)13(18)17-12-3-1-2-8(12)7-15/h4-6,8,12H,1-3,16H2,(H,17,18). The van der Waals surface area contributed by atoms with E-state index in [9.17, 15) is 9.18 Å². The molecule has 0 spiro atoms. The molecule has 94 valence electrons. The molecule has 0 aromatic heterocycles. The summed E-state index contributed by atoms with van der Waals surface area (Å²) in [6, 6.07) is 5.70. The Kier molecular flexibility index (Phi) is 3.47. The molecule has 2 atom stereocenters. The second kappa shape index (κ2) is 5.05. The lowest BCUT2D eigenvalue weighted by atomic mass is 10.0. The summed E-state index contributed by atoms with van der Waals surface area (Å²) in [6.07, 6.45) is 2.49. The molecule has 0 aliphatic heterocycles. The average molecular weight is 247 g/mol. The summed E-state index contributed by atoms with van der Waals surface area (Å²) in [5.74, 6) is -1.08. The first-order valence-electron chi connectivity index (χ1n) is 5.87. The highest BCUT2D eigenvalue weighted by molar-refractivity contribution is 5.99. The molecule has 18 heavy (non-hydrogen) atoms. The van der Waals surface area contributed by atoms with Crippen molar-refractivity contribution in [1.29, 1.82) is 5.26 Å². The third-order valence-electron chi connectivity index (χ3n) is 3.26. The van der Waals surface area contributed by atoms with Crippen LogP contribution in [0.3, 0.4) is 0 Å². The Labute approximate surface area is 105 Å². The number of nitrogen functional groups attached to an aromatic ring is 1. The van der Waals surface area contributed by atoms with Gasteiger partial charge in [-0.25, -0.2) is 4.39 Å². The highest BCUT2D eigenvalue weighted by Gasteiger charge is 2.29. The van der Waals surface area contributed by atoms with Crippen LogP contribution < -0.4 is 11.1 Å². The van der Waals surface area contributed by atoms with E-state index in [1.54, 1.807) is 0 Å². The van der Waals surface area contributed by atoms with E-state index in [1.165, 1.54) is 12.1 Å². The van der Waals surface area contributed by atoms with Crippen molar-refractivity contribution in [2.75, 3.05) is 5.73 Å². The summed E-state index contributed by atoms with van der Waals surface area (Å²) >= 11 is 0. The van der Waals surface area contributed by atoms with Gasteiger partial charge in [-0.15, -0.1) is 0 Å². The number of anilines is 1. The SMILES string of the molecule is N#CC1CCCC1NC(=O)c1cc(F)ccc1N. The van der Waals surface area contributed by atoms with Gasteiger partial charge in [-0.1, -0.05) is 0 Å². The average Bonchev–Trinajstić information content (AvgIpc) is 2.79. The van der Waals surface area contributed by atoms with Crippen molar-refractivity contribution in [3.8, 4) is 6.07 Å². The molecule has 1 saturated carbocycles. The number of carbonyl (C=O) groups is 1. The zero-order chi connectivity index (χ0) is 13.1. The lowest BCUT2D eigenvalue weighted by molar-refractivity contribution is 0.0933. The molecule has 1 fully saturated rings. The maximum absolute atomic E-state index is 13.1. The Hall–Kier alpha value is -2.09. The summed E-state index contributed by atoms with van der Waals surface area (Å²) in [4.78, 5) is 12.0. The first-order chi connectivity index (χ1) is 8.61. The Morgan fingerprint density at radius 1 is 1.50 bits per heavy atom. The monoisotopic (exact) mass is 247 g/mol. The number of nitrogens with zero attached hydrogens (tertiary/aromatic N) is 1. The van der Waals surface area contributed by atoms with Gasteiger partial charge in [-0.2, -0.15) is 5.26 Å². The Morgan fingerprint density at radius 2 is 2.28 bits per heavy atom. The number of nitriles is 1. The molecule has 3 N–H and O–H groups in total. The van der Waals surface area contributed by atoms with Crippen LogP contribution >= 0.6 is 0 Å². The number of carbonyl (C=O) groups excluding carboxylic acids is 1. The van der Waals surface area contributed by atoms with Gasteiger partial charge in [0.15, 0.2) is 0 Å². The topological polar surface area (TPSA) is 78.9 Å². The van der Waals surface area contributed by atoms with Gasteiger partial charge in [0.25, 0.3) is 5.91 Å². The van der Waals surface area contributed by atoms with Gasteiger partial charge in [0.1, 0.15) is 5.82 Å². The maximum Gasteiger partial charge on any atom is 0.253 e. The first kappa shape index (κ1) is 12.4. The summed E-state index contributed by atoms with van der Waals surface area (Å²) < 4.78 is 13.1. The Bertz CT molecular complexity index is 509. The summed E-state index contributed by atoms with van der Waals surface area (Å²) in [7, 11) is 0. The van der Waals surface area contributed by atoms with Crippen LogP contribution in [0.5, 0.6) is 0 Å². The van der Waals surface area contributed by atoms with Crippen LogP contribution in [-0.4, -0.2) is 11.9 Å². The molecule has 0 saturated heterocycles. The van der Waals surface area contributed by atoms with E-state index in [1.807, 2.05) is 0 Å². The molecule has 2 rings (SSSR count). The van der Waals surface area contributed by atoms with Crippen LogP contribution in [0, 0.1) is 23.1 Å². The van der Waals surface area contributed by atoms with Crippen molar-refractivity contribution in [3.05, 3.63) is 29.6 Å². The number of rotatable bonds is 2. The van der Waals surface area contributed by atoms with Gasteiger partial charge in [0.2, 0.25) is 0 Å². The fourth-order valence-corrected chi connectivity index (χ4v) is 2.26. The summed E-state index contributed by atoms with van der Waals surface area (Å²) in [5.41, 5.74) is 6.00. The maximum atomic E-state index is 13.1. The van der Waals surface area contributed by atoms with Gasteiger partial charge in [0.05, 0.1) is 17.6 Å². The molecule has 1 aromatic rings. The molecule has 2 unspecified atom stereocenters. The van der Waals surface area contributed by atoms with Gasteiger partial charge < -0.3 is 11.1 Å². The Morgan fingerprint density at radius 3 is 3.00 bits per heavy atom. The largest absolute Gasteiger partial charge is 0.398 e. The van der Waals surface area contributed by atoms with Gasteiger partial charge in [-0.3, -0.25) is 4.79 Å². The molecule has 1 aliphatic carbocycles. The van der Waals surface area contributed by atoms with Crippen molar-refractivity contribution in [2.45, 2.75) is 25.3 Å². The molecule has 1 aromatic carbocycles. The smallest absolute Gasteiger partial charge is 0.253 e. The van der Waals surface area contributed by atoms with Crippen molar-refractivity contribution >= 4 is 11.6 Å².